The van der Waals surface area contributed by atoms with Gasteiger partial charge in [0, 0.05) is 5.56 Å². The van der Waals surface area contributed by atoms with Gasteiger partial charge in [0.25, 0.3) is 0 Å². The Morgan fingerprint density at radius 3 is 2.14 bits per heavy atom. The van der Waals surface area contributed by atoms with Crippen molar-refractivity contribution in [2.24, 2.45) is 0 Å². The standard InChI is InChI=1S/C17H17ClO3/c1-10-7-11(2)9-12(8-10)16(19)13-5-6-14(20-3)15(18)17(13)21-4/h5-9H,1-4H3. The number of benzene rings is 2. The van der Waals surface area contributed by atoms with E-state index in [4.69, 9.17) is 21.1 Å². The summed E-state index contributed by atoms with van der Waals surface area (Å²) >= 11 is 6.21. The van der Waals surface area contributed by atoms with Crippen molar-refractivity contribution in [1.29, 1.82) is 0 Å². The summed E-state index contributed by atoms with van der Waals surface area (Å²) in [5.41, 5.74) is 3.12. The molecule has 0 aromatic heterocycles. The first-order valence-electron chi connectivity index (χ1n) is 6.51. The van der Waals surface area contributed by atoms with Crippen LogP contribution in [0.25, 0.3) is 0 Å². The van der Waals surface area contributed by atoms with E-state index in [0.29, 0.717) is 27.6 Å². The van der Waals surface area contributed by atoms with Gasteiger partial charge in [-0.05, 0) is 38.1 Å². The van der Waals surface area contributed by atoms with Crippen LogP contribution in [-0.4, -0.2) is 20.0 Å². The fourth-order valence-corrected chi connectivity index (χ4v) is 2.65. The van der Waals surface area contributed by atoms with E-state index in [1.54, 1.807) is 12.1 Å². The molecule has 0 bridgehead atoms. The van der Waals surface area contributed by atoms with Crippen LogP contribution in [0.5, 0.6) is 11.5 Å². The Morgan fingerprint density at radius 1 is 1.00 bits per heavy atom. The first-order chi connectivity index (χ1) is 9.97. The molecule has 0 amide bonds. The number of hydrogen-bond donors (Lipinski definition) is 0. The van der Waals surface area contributed by atoms with E-state index >= 15 is 0 Å². The second kappa shape index (κ2) is 6.19. The lowest BCUT2D eigenvalue weighted by atomic mass is 9.98. The predicted octanol–water partition coefficient (Wildman–Crippen LogP) is 4.21. The van der Waals surface area contributed by atoms with E-state index in [-0.39, 0.29) is 5.78 Å². The Hall–Kier alpha value is -2.00. The van der Waals surface area contributed by atoms with Gasteiger partial charge in [-0.1, -0.05) is 28.8 Å². The zero-order chi connectivity index (χ0) is 15.6. The van der Waals surface area contributed by atoms with E-state index in [1.165, 1.54) is 14.2 Å². The van der Waals surface area contributed by atoms with Gasteiger partial charge in [0.05, 0.1) is 19.8 Å². The minimum Gasteiger partial charge on any atom is -0.495 e. The molecule has 0 heterocycles. The molecule has 0 radical (unpaired) electrons. The molecule has 0 N–H and O–H groups in total. The number of aryl methyl sites for hydroxylation is 2. The molecule has 0 saturated heterocycles. The van der Waals surface area contributed by atoms with Crippen molar-refractivity contribution in [3.05, 3.63) is 57.6 Å². The Kier molecular flexibility index (Phi) is 4.53. The summed E-state index contributed by atoms with van der Waals surface area (Å²) in [7, 11) is 3.00. The van der Waals surface area contributed by atoms with Crippen LogP contribution in [0.15, 0.2) is 30.3 Å². The largest absolute Gasteiger partial charge is 0.495 e. The van der Waals surface area contributed by atoms with Crippen LogP contribution in [0.2, 0.25) is 5.02 Å². The number of carbonyl (C=O) groups excluding carboxylic acids is 1. The first-order valence-corrected chi connectivity index (χ1v) is 6.89. The number of hydrogen-bond acceptors (Lipinski definition) is 3. The molecule has 2 aromatic rings. The lowest BCUT2D eigenvalue weighted by molar-refractivity contribution is 0.103. The highest BCUT2D eigenvalue weighted by Crippen LogP contribution is 2.37. The highest BCUT2D eigenvalue weighted by Gasteiger charge is 2.20. The van der Waals surface area contributed by atoms with Crippen LogP contribution in [0, 0.1) is 13.8 Å². The normalized spacial score (nSPS) is 10.3. The maximum atomic E-state index is 12.7. The van der Waals surface area contributed by atoms with Crippen molar-refractivity contribution in [3.8, 4) is 11.5 Å². The molecule has 110 valence electrons. The summed E-state index contributed by atoms with van der Waals surface area (Å²) in [5, 5.41) is 0.301. The molecule has 0 saturated carbocycles. The maximum Gasteiger partial charge on any atom is 0.196 e. The maximum absolute atomic E-state index is 12.7. The minimum absolute atomic E-state index is 0.122. The number of halogens is 1. The Bertz CT molecular complexity index is 672. The smallest absolute Gasteiger partial charge is 0.196 e. The summed E-state index contributed by atoms with van der Waals surface area (Å²) < 4.78 is 10.4. The molecule has 0 aliphatic rings. The van der Waals surface area contributed by atoms with Crippen molar-refractivity contribution < 1.29 is 14.3 Å². The molecule has 21 heavy (non-hydrogen) atoms. The Balaban J connectivity index is 2.55. The summed E-state index contributed by atoms with van der Waals surface area (Å²) in [5.74, 6) is 0.689. The first kappa shape index (κ1) is 15.4. The van der Waals surface area contributed by atoms with E-state index in [9.17, 15) is 4.79 Å². The van der Waals surface area contributed by atoms with Gasteiger partial charge in [0.1, 0.15) is 10.8 Å². The molecule has 3 nitrogen and oxygen atoms in total. The monoisotopic (exact) mass is 304 g/mol. The summed E-state index contributed by atoms with van der Waals surface area (Å²) in [6.07, 6.45) is 0. The lowest BCUT2D eigenvalue weighted by Gasteiger charge is -2.13. The van der Waals surface area contributed by atoms with Gasteiger partial charge in [-0.25, -0.2) is 0 Å². The quantitative estimate of drug-likeness (QED) is 0.794. The van der Waals surface area contributed by atoms with Crippen LogP contribution in [-0.2, 0) is 0 Å². The number of rotatable bonds is 4. The minimum atomic E-state index is -0.122. The van der Waals surface area contributed by atoms with Crippen LogP contribution in [0.1, 0.15) is 27.0 Å². The van der Waals surface area contributed by atoms with Gasteiger partial charge in [-0.3, -0.25) is 4.79 Å². The fraction of sp³-hybridized carbons (Fsp3) is 0.235. The second-order valence-electron chi connectivity index (χ2n) is 4.87. The average Bonchev–Trinajstić information content (AvgIpc) is 2.45. The Labute approximate surface area is 129 Å². The van der Waals surface area contributed by atoms with Crippen molar-refractivity contribution in [3.63, 3.8) is 0 Å². The zero-order valence-corrected chi connectivity index (χ0v) is 13.2. The number of methoxy groups -OCH3 is 2. The summed E-state index contributed by atoms with van der Waals surface area (Å²) in [4.78, 5) is 12.7. The van der Waals surface area contributed by atoms with E-state index < -0.39 is 0 Å². The molecule has 4 heteroatoms. The van der Waals surface area contributed by atoms with Gasteiger partial charge in [-0.2, -0.15) is 0 Å². The number of carbonyl (C=O) groups is 1. The fourth-order valence-electron chi connectivity index (χ4n) is 2.34. The molecule has 0 unspecified atom stereocenters. The third-order valence-electron chi connectivity index (χ3n) is 3.21. The predicted molar refractivity (Wildman–Crippen MR) is 83.9 cm³/mol. The average molecular weight is 305 g/mol. The van der Waals surface area contributed by atoms with Crippen molar-refractivity contribution >= 4 is 17.4 Å². The molecule has 2 rings (SSSR count). The molecule has 0 spiro atoms. The highest BCUT2D eigenvalue weighted by atomic mass is 35.5. The lowest BCUT2D eigenvalue weighted by Crippen LogP contribution is -2.06. The van der Waals surface area contributed by atoms with Crippen molar-refractivity contribution in [2.45, 2.75) is 13.8 Å². The Morgan fingerprint density at radius 2 is 1.62 bits per heavy atom. The van der Waals surface area contributed by atoms with Crippen LogP contribution >= 0.6 is 11.6 Å². The summed E-state index contributed by atoms with van der Waals surface area (Å²) in [6.45, 7) is 3.92. The molecule has 2 aromatic carbocycles. The SMILES string of the molecule is COc1ccc(C(=O)c2cc(C)cc(C)c2)c(OC)c1Cl. The van der Waals surface area contributed by atoms with Gasteiger partial charge >= 0.3 is 0 Å². The molecular formula is C17H17ClO3. The van der Waals surface area contributed by atoms with Gasteiger partial charge in [-0.15, -0.1) is 0 Å². The number of ketones is 1. The van der Waals surface area contributed by atoms with E-state index in [2.05, 4.69) is 0 Å². The third-order valence-corrected chi connectivity index (χ3v) is 3.57. The number of ether oxygens (including phenoxy) is 2. The topological polar surface area (TPSA) is 35.5 Å². The van der Waals surface area contributed by atoms with Gasteiger partial charge in [0.15, 0.2) is 11.5 Å². The van der Waals surface area contributed by atoms with Crippen LogP contribution in [0.4, 0.5) is 0 Å². The van der Waals surface area contributed by atoms with Gasteiger partial charge in [0.2, 0.25) is 0 Å². The van der Waals surface area contributed by atoms with E-state index in [1.807, 2.05) is 32.0 Å². The molecule has 0 aliphatic carbocycles. The zero-order valence-electron chi connectivity index (χ0n) is 12.5. The summed E-state index contributed by atoms with van der Waals surface area (Å²) in [6, 6.07) is 9.07. The third kappa shape index (κ3) is 3.03. The molecular weight excluding hydrogens is 288 g/mol. The van der Waals surface area contributed by atoms with Crippen molar-refractivity contribution in [2.75, 3.05) is 14.2 Å². The van der Waals surface area contributed by atoms with Crippen LogP contribution < -0.4 is 9.47 Å². The van der Waals surface area contributed by atoms with Crippen molar-refractivity contribution in [1.82, 2.24) is 0 Å². The van der Waals surface area contributed by atoms with Gasteiger partial charge < -0.3 is 9.47 Å². The molecule has 0 aliphatic heterocycles. The molecule has 0 atom stereocenters. The van der Waals surface area contributed by atoms with E-state index in [0.717, 1.165) is 11.1 Å². The molecule has 0 fully saturated rings. The second-order valence-corrected chi connectivity index (χ2v) is 5.25. The van der Waals surface area contributed by atoms with Crippen LogP contribution in [0.3, 0.4) is 0 Å². The highest BCUT2D eigenvalue weighted by molar-refractivity contribution is 6.34.